The zero-order valence-electron chi connectivity index (χ0n) is 18.6. The Hall–Kier alpha value is -3.54. The monoisotopic (exact) mass is 539 g/mol. The number of aromatic nitrogens is 2. The largest absolute Gasteiger partial charge is 0.272 e. The van der Waals surface area contributed by atoms with E-state index in [1.54, 1.807) is 35.6 Å². The average molecular weight is 540 g/mol. The number of aryl methyl sites for hydroxylation is 2. The molecule has 0 atom stereocenters. The number of hydrazone groups is 1. The van der Waals surface area contributed by atoms with Crippen LogP contribution in [0.25, 0.3) is 15.9 Å². The van der Waals surface area contributed by atoms with Crippen LogP contribution in [0.1, 0.15) is 22.4 Å². The minimum absolute atomic E-state index is 0.0196. The first-order valence-electron chi connectivity index (χ1n) is 10.9. The Morgan fingerprint density at radius 1 is 1.22 bits per heavy atom. The van der Waals surface area contributed by atoms with Crippen molar-refractivity contribution in [2.75, 3.05) is 5.75 Å². The summed E-state index contributed by atoms with van der Waals surface area (Å²) in [4.78, 5) is 43.0. The first-order chi connectivity index (χ1) is 17.4. The number of fused-ring (bicyclic) bond motifs is 3. The Labute approximate surface area is 218 Å². The predicted octanol–water partition coefficient (Wildman–Crippen LogP) is 4.74. The van der Waals surface area contributed by atoms with Crippen molar-refractivity contribution in [1.82, 2.24) is 15.0 Å². The van der Waals surface area contributed by atoms with Gasteiger partial charge in [-0.25, -0.2) is 10.4 Å². The average Bonchev–Trinajstić information content (AvgIpc) is 3.45. The Kier molecular flexibility index (Phi) is 6.86. The van der Waals surface area contributed by atoms with Gasteiger partial charge in [0.15, 0.2) is 5.16 Å². The zero-order chi connectivity index (χ0) is 25.2. The van der Waals surface area contributed by atoms with Crippen molar-refractivity contribution in [2.45, 2.75) is 24.4 Å². The van der Waals surface area contributed by atoms with Crippen molar-refractivity contribution >= 4 is 62.7 Å². The summed E-state index contributed by atoms with van der Waals surface area (Å²) in [7, 11) is 0. The van der Waals surface area contributed by atoms with E-state index in [0.717, 1.165) is 36.6 Å². The Balaban J connectivity index is 1.37. The summed E-state index contributed by atoms with van der Waals surface area (Å²) in [6.45, 7) is 0. The molecule has 0 bridgehead atoms. The SMILES string of the molecule is O=C(CSc1nc2sc3c(c2c(=O)n1-c1ccc(Cl)cc1)CCC3)NN=Cc1ccc([N+](=O)[O-])cc1. The van der Waals surface area contributed by atoms with Crippen molar-refractivity contribution in [3.8, 4) is 5.69 Å². The molecule has 36 heavy (non-hydrogen) atoms. The zero-order valence-corrected chi connectivity index (χ0v) is 21.0. The van der Waals surface area contributed by atoms with Crippen molar-refractivity contribution in [3.63, 3.8) is 0 Å². The third-order valence-electron chi connectivity index (χ3n) is 5.63. The molecule has 182 valence electrons. The number of hydrogen-bond donors (Lipinski definition) is 1. The molecular weight excluding hydrogens is 522 g/mol. The summed E-state index contributed by atoms with van der Waals surface area (Å²) in [5.41, 5.74) is 4.56. The van der Waals surface area contributed by atoms with Crippen molar-refractivity contribution < 1.29 is 9.72 Å². The first-order valence-corrected chi connectivity index (χ1v) is 13.1. The number of benzene rings is 2. The van der Waals surface area contributed by atoms with Gasteiger partial charge in [-0.15, -0.1) is 11.3 Å². The molecule has 0 unspecified atom stereocenters. The molecule has 0 fully saturated rings. The summed E-state index contributed by atoms with van der Waals surface area (Å²) >= 11 is 8.73. The van der Waals surface area contributed by atoms with Gasteiger partial charge in [-0.3, -0.25) is 24.3 Å². The number of rotatable bonds is 7. The summed E-state index contributed by atoms with van der Waals surface area (Å²) in [6.07, 6.45) is 4.25. The molecule has 2 aromatic heterocycles. The molecule has 2 heterocycles. The van der Waals surface area contributed by atoms with E-state index in [4.69, 9.17) is 16.6 Å². The quantitative estimate of drug-likeness (QED) is 0.119. The highest BCUT2D eigenvalue weighted by Gasteiger charge is 2.24. The minimum atomic E-state index is -0.487. The highest BCUT2D eigenvalue weighted by Crippen LogP contribution is 2.36. The second-order valence-electron chi connectivity index (χ2n) is 7.98. The van der Waals surface area contributed by atoms with Crippen LogP contribution in [0.3, 0.4) is 0 Å². The second kappa shape index (κ2) is 10.2. The maximum absolute atomic E-state index is 13.6. The number of nitro groups is 1. The lowest BCUT2D eigenvalue weighted by atomic mass is 10.2. The lowest BCUT2D eigenvalue weighted by Crippen LogP contribution is -2.24. The van der Waals surface area contributed by atoms with Gasteiger partial charge in [0.25, 0.3) is 17.2 Å². The molecule has 0 saturated carbocycles. The van der Waals surface area contributed by atoms with Gasteiger partial charge >= 0.3 is 0 Å². The van der Waals surface area contributed by atoms with E-state index in [-0.39, 0.29) is 22.9 Å². The fourth-order valence-electron chi connectivity index (χ4n) is 3.96. The number of carbonyl (C=O) groups is 1. The van der Waals surface area contributed by atoms with E-state index >= 15 is 0 Å². The Bertz CT molecular complexity index is 1560. The Morgan fingerprint density at radius 3 is 2.69 bits per heavy atom. The van der Waals surface area contributed by atoms with E-state index < -0.39 is 4.92 Å². The van der Waals surface area contributed by atoms with Gasteiger partial charge in [-0.1, -0.05) is 23.4 Å². The molecule has 1 aliphatic carbocycles. The number of nitro benzene ring substituents is 1. The van der Waals surface area contributed by atoms with E-state index in [0.29, 0.717) is 31.6 Å². The fraction of sp³-hybridized carbons (Fsp3) is 0.167. The number of hydrogen-bond acceptors (Lipinski definition) is 8. The van der Waals surface area contributed by atoms with Crippen LogP contribution in [-0.2, 0) is 17.6 Å². The number of nitrogens with zero attached hydrogens (tertiary/aromatic N) is 4. The molecule has 0 radical (unpaired) electrons. The van der Waals surface area contributed by atoms with Gasteiger partial charge in [-0.2, -0.15) is 5.10 Å². The number of thiophene rings is 1. The van der Waals surface area contributed by atoms with Crippen LogP contribution >= 0.6 is 34.7 Å². The molecular formula is C24H18ClN5O4S2. The molecule has 4 aromatic rings. The summed E-state index contributed by atoms with van der Waals surface area (Å²) < 4.78 is 1.53. The van der Waals surface area contributed by atoms with Gasteiger partial charge in [0.1, 0.15) is 4.83 Å². The van der Waals surface area contributed by atoms with Crippen molar-refractivity contribution in [2.24, 2.45) is 5.10 Å². The third kappa shape index (κ3) is 4.90. The van der Waals surface area contributed by atoms with E-state index in [1.807, 2.05) is 0 Å². The molecule has 1 N–H and O–H groups in total. The maximum Gasteiger partial charge on any atom is 0.269 e. The number of halogens is 1. The van der Waals surface area contributed by atoms with Crippen LogP contribution in [-0.4, -0.2) is 32.3 Å². The molecule has 2 aromatic carbocycles. The maximum atomic E-state index is 13.6. The molecule has 12 heteroatoms. The second-order valence-corrected chi connectivity index (χ2v) is 10.4. The number of non-ortho nitro benzene ring substituents is 1. The highest BCUT2D eigenvalue weighted by molar-refractivity contribution is 7.99. The molecule has 0 saturated heterocycles. The van der Waals surface area contributed by atoms with Gasteiger partial charge in [-0.05, 0) is 66.8 Å². The third-order valence-corrected chi connectivity index (χ3v) is 8.01. The van der Waals surface area contributed by atoms with Gasteiger partial charge < -0.3 is 0 Å². The van der Waals surface area contributed by atoms with Crippen LogP contribution in [0.4, 0.5) is 5.69 Å². The highest BCUT2D eigenvalue weighted by atomic mass is 35.5. The predicted molar refractivity (Wildman–Crippen MR) is 142 cm³/mol. The van der Waals surface area contributed by atoms with Crippen molar-refractivity contribution in [3.05, 3.63) is 90.0 Å². The standard InChI is InChI=1S/C24H18ClN5O4S2/c25-15-6-10-16(11-7-15)29-23(32)21-18-2-1-3-19(18)36-22(21)27-24(29)35-13-20(31)28-26-12-14-4-8-17(9-5-14)30(33)34/h4-12H,1-3,13H2,(H,28,31). The molecule has 9 nitrogen and oxygen atoms in total. The number of carbonyl (C=O) groups excluding carboxylic acids is 1. The van der Waals surface area contributed by atoms with Gasteiger partial charge in [0.05, 0.1) is 28.0 Å². The van der Waals surface area contributed by atoms with Crippen LogP contribution < -0.4 is 11.0 Å². The van der Waals surface area contributed by atoms with Crippen molar-refractivity contribution in [1.29, 1.82) is 0 Å². The number of nitrogens with one attached hydrogen (secondary N) is 1. The summed E-state index contributed by atoms with van der Waals surface area (Å²) in [6, 6.07) is 12.7. The van der Waals surface area contributed by atoms with Crippen LogP contribution in [0.2, 0.25) is 5.02 Å². The van der Waals surface area contributed by atoms with Crippen LogP contribution in [0.15, 0.2) is 63.6 Å². The Morgan fingerprint density at radius 2 is 1.97 bits per heavy atom. The molecule has 1 amide bonds. The van der Waals surface area contributed by atoms with Crippen LogP contribution in [0.5, 0.6) is 0 Å². The van der Waals surface area contributed by atoms with Gasteiger partial charge in [0, 0.05) is 22.0 Å². The molecule has 0 spiro atoms. The molecule has 0 aliphatic heterocycles. The van der Waals surface area contributed by atoms with E-state index in [1.165, 1.54) is 39.9 Å². The van der Waals surface area contributed by atoms with Crippen LogP contribution in [0, 0.1) is 10.1 Å². The smallest absolute Gasteiger partial charge is 0.269 e. The lowest BCUT2D eigenvalue weighted by Gasteiger charge is -2.12. The fourth-order valence-corrected chi connectivity index (χ4v) is 6.20. The lowest BCUT2D eigenvalue weighted by molar-refractivity contribution is -0.384. The normalized spacial score (nSPS) is 12.8. The summed E-state index contributed by atoms with van der Waals surface area (Å²) in [5, 5.41) is 16.3. The van der Waals surface area contributed by atoms with E-state index in [9.17, 15) is 19.7 Å². The minimum Gasteiger partial charge on any atom is -0.272 e. The topological polar surface area (TPSA) is 119 Å². The van der Waals surface area contributed by atoms with E-state index in [2.05, 4.69) is 10.5 Å². The first kappa shape index (κ1) is 24.2. The number of thioether (sulfide) groups is 1. The summed E-state index contributed by atoms with van der Waals surface area (Å²) in [5.74, 6) is -0.405. The molecule has 5 rings (SSSR count). The molecule has 1 aliphatic rings. The van der Waals surface area contributed by atoms with Gasteiger partial charge in [0.2, 0.25) is 0 Å². The number of amides is 1.